The maximum atomic E-state index is 5.08. The smallest absolute Gasteiger partial charge is 0.164 e. The van der Waals surface area contributed by atoms with Crippen molar-refractivity contribution in [1.82, 2.24) is 24.1 Å². The van der Waals surface area contributed by atoms with Crippen LogP contribution in [0.15, 0.2) is 237 Å². The summed E-state index contributed by atoms with van der Waals surface area (Å²) in [5.74, 6) is 1.90. The second kappa shape index (κ2) is 15.2. The number of hydrogen-bond donors (Lipinski definition) is 0. The third kappa shape index (κ3) is 5.99. The molecule has 0 aliphatic carbocycles. The molecule has 0 atom stereocenters. The van der Waals surface area contributed by atoms with Crippen LogP contribution in [0.4, 0.5) is 0 Å². The van der Waals surface area contributed by atoms with Crippen LogP contribution in [0.2, 0.25) is 0 Å². The summed E-state index contributed by atoms with van der Waals surface area (Å²) >= 11 is 0. The molecule has 0 unspecified atom stereocenters. The summed E-state index contributed by atoms with van der Waals surface area (Å²) in [4.78, 5) is 15.1. The summed E-state index contributed by atoms with van der Waals surface area (Å²) in [6.07, 6.45) is 0. The van der Waals surface area contributed by atoms with Crippen molar-refractivity contribution in [1.29, 1.82) is 0 Å². The number of fused-ring (bicyclic) bond motifs is 12. The van der Waals surface area contributed by atoms with Crippen LogP contribution >= 0.6 is 0 Å². The van der Waals surface area contributed by atoms with E-state index in [9.17, 15) is 0 Å². The zero-order chi connectivity index (χ0) is 44.7. The molecule has 11 aromatic carbocycles. The zero-order valence-corrected chi connectivity index (χ0v) is 36.8. The first-order valence-electron chi connectivity index (χ1n) is 23.1. The fourth-order valence-electron chi connectivity index (χ4n) is 10.6. The van der Waals surface area contributed by atoms with Crippen molar-refractivity contribution in [2.45, 2.75) is 0 Å². The fraction of sp³-hybridized carbons (Fsp3) is 0. The second-order valence-corrected chi connectivity index (χ2v) is 17.6. The van der Waals surface area contributed by atoms with E-state index in [0.29, 0.717) is 17.5 Å². The minimum Gasteiger partial charge on any atom is -0.309 e. The summed E-state index contributed by atoms with van der Waals surface area (Å²) in [5.41, 5.74) is 11.9. The molecule has 68 heavy (non-hydrogen) atoms. The third-order valence-electron chi connectivity index (χ3n) is 13.7. The zero-order valence-electron chi connectivity index (χ0n) is 36.8. The molecule has 14 rings (SSSR count). The van der Waals surface area contributed by atoms with Gasteiger partial charge in [0.15, 0.2) is 17.5 Å². The Kier molecular flexibility index (Phi) is 8.52. The molecule has 0 fully saturated rings. The van der Waals surface area contributed by atoms with Crippen LogP contribution in [-0.2, 0) is 0 Å². The maximum Gasteiger partial charge on any atom is 0.164 e. The summed E-state index contributed by atoms with van der Waals surface area (Å²) in [7, 11) is 0. The van der Waals surface area contributed by atoms with Gasteiger partial charge in [0.2, 0.25) is 0 Å². The third-order valence-corrected chi connectivity index (χ3v) is 13.7. The molecule has 14 aromatic rings. The molecular weight excluding hydrogens is 827 g/mol. The normalized spacial score (nSPS) is 11.8. The molecule has 0 aliphatic heterocycles. The highest BCUT2D eigenvalue weighted by Gasteiger charge is 2.19. The van der Waals surface area contributed by atoms with E-state index in [4.69, 9.17) is 15.0 Å². The lowest BCUT2D eigenvalue weighted by molar-refractivity contribution is 1.07. The van der Waals surface area contributed by atoms with Gasteiger partial charge in [-0.15, -0.1) is 0 Å². The van der Waals surface area contributed by atoms with E-state index in [0.717, 1.165) is 50.2 Å². The molecular formula is C63H39N5. The molecule has 0 spiro atoms. The molecule has 0 amide bonds. The highest BCUT2D eigenvalue weighted by atomic mass is 15.0. The van der Waals surface area contributed by atoms with E-state index in [1.807, 2.05) is 60.7 Å². The molecule has 3 heterocycles. The number of hydrogen-bond acceptors (Lipinski definition) is 3. The van der Waals surface area contributed by atoms with Crippen molar-refractivity contribution < 1.29 is 0 Å². The van der Waals surface area contributed by atoms with Crippen molar-refractivity contribution >= 4 is 75.9 Å². The van der Waals surface area contributed by atoms with Crippen LogP contribution in [-0.4, -0.2) is 24.1 Å². The van der Waals surface area contributed by atoms with Crippen LogP contribution in [0.1, 0.15) is 0 Å². The highest BCUT2D eigenvalue weighted by molar-refractivity contribution is 6.25. The van der Waals surface area contributed by atoms with E-state index < -0.39 is 0 Å². The molecule has 316 valence electrons. The van der Waals surface area contributed by atoms with Gasteiger partial charge in [-0.25, -0.2) is 15.0 Å². The van der Waals surface area contributed by atoms with Gasteiger partial charge in [0.1, 0.15) is 0 Å². The minimum atomic E-state index is 0.623. The molecule has 0 saturated heterocycles. The van der Waals surface area contributed by atoms with Crippen molar-refractivity contribution in [3.05, 3.63) is 237 Å². The molecule has 5 heteroatoms. The Morgan fingerprint density at radius 2 is 0.574 bits per heavy atom. The Bertz CT molecular complexity index is 4230. The average molecular weight is 866 g/mol. The first-order chi connectivity index (χ1) is 33.7. The first-order valence-corrected chi connectivity index (χ1v) is 23.1. The van der Waals surface area contributed by atoms with Gasteiger partial charge in [-0.05, 0) is 92.0 Å². The average Bonchev–Trinajstić information content (AvgIpc) is 3.93. The molecule has 0 saturated carbocycles. The molecule has 0 N–H and O–H groups in total. The highest BCUT2D eigenvalue weighted by Crippen LogP contribution is 2.41. The Morgan fingerprint density at radius 3 is 1.09 bits per heavy atom. The van der Waals surface area contributed by atoms with Gasteiger partial charge in [-0.2, -0.15) is 0 Å². The molecule has 3 aromatic heterocycles. The van der Waals surface area contributed by atoms with Gasteiger partial charge in [-0.3, -0.25) is 0 Å². The molecule has 0 bridgehead atoms. The van der Waals surface area contributed by atoms with E-state index in [1.54, 1.807) is 0 Å². The van der Waals surface area contributed by atoms with Crippen molar-refractivity contribution in [3.63, 3.8) is 0 Å². The van der Waals surface area contributed by atoms with Crippen LogP contribution in [0.3, 0.4) is 0 Å². The Labute approximate surface area is 391 Å². The van der Waals surface area contributed by atoms with E-state index >= 15 is 0 Å². The predicted octanol–water partition coefficient (Wildman–Crippen LogP) is 16.2. The predicted molar refractivity (Wildman–Crippen MR) is 283 cm³/mol. The standard InChI is InChI=1S/C63H39N5/c1-3-16-40(17-4-1)61-64-62(41-18-5-2-6-19-41)66-63(65-61)44-20-15-21-45(36-44)67-57-28-13-11-26-52(57)54-33-30-42(37-59(54)67)43-31-34-55-53-27-12-14-29-58(53)68(60(55)38-43)46-32-35-51-49-24-8-7-22-47(49)48-23-9-10-25-50(48)56(51)39-46/h1-39H. The molecule has 0 aliphatic rings. The summed E-state index contributed by atoms with van der Waals surface area (Å²) < 4.78 is 4.83. The number of rotatable bonds is 6. The monoisotopic (exact) mass is 865 g/mol. The van der Waals surface area contributed by atoms with Gasteiger partial charge in [-0.1, -0.05) is 188 Å². The minimum absolute atomic E-state index is 0.623. The summed E-state index contributed by atoms with van der Waals surface area (Å²) in [6, 6.07) is 84.8. The Hall–Kier alpha value is -9.19. The van der Waals surface area contributed by atoms with Crippen LogP contribution in [0, 0.1) is 0 Å². The van der Waals surface area contributed by atoms with Crippen LogP contribution < -0.4 is 0 Å². The largest absolute Gasteiger partial charge is 0.309 e. The van der Waals surface area contributed by atoms with Crippen molar-refractivity contribution in [3.8, 4) is 56.7 Å². The first kappa shape index (κ1) is 38.1. The van der Waals surface area contributed by atoms with Gasteiger partial charge in [0.25, 0.3) is 0 Å². The van der Waals surface area contributed by atoms with E-state index in [2.05, 4.69) is 185 Å². The number of benzene rings is 11. The number of para-hydroxylation sites is 2. The van der Waals surface area contributed by atoms with Crippen molar-refractivity contribution in [2.75, 3.05) is 0 Å². The fourth-order valence-corrected chi connectivity index (χ4v) is 10.6. The molecule has 0 radical (unpaired) electrons. The van der Waals surface area contributed by atoms with Gasteiger partial charge in [0, 0.05) is 49.6 Å². The topological polar surface area (TPSA) is 48.5 Å². The summed E-state index contributed by atoms with van der Waals surface area (Å²) in [6.45, 7) is 0. The van der Waals surface area contributed by atoms with Gasteiger partial charge in [0.05, 0.1) is 22.1 Å². The summed E-state index contributed by atoms with van der Waals surface area (Å²) in [5, 5.41) is 12.5. The van der Waals surface area contributed by atoms with Crippen LogP contribution in [0.25, 0.3) is 133 Å². The Balaban J connectivity index is 0.936. The van der Waals surface area contributed by atoms with Crippen LogP contribution in [0.5, 0.6) is 0 Å². The van der Waals surface area contributed by atoms with E-state index in [1.165, 1.54) is 64.9 Å². The Morgan fingerprint density at radius 1 is 0.206 bits per heavy atom. The number of nitrogens with zero attached hydrogens (tertiary/aromatic N) is 5. The van der Waals surface area contributed by atoms with Gasteiger partial charge < -0.3 is 9.13 Å². The lowest BCUT2D eigenvalue weighted by Gasteiger charge is -2.14. The maximum absolute atomic E-state index is 5.08. The quantitative estimate of drug-likeness (QED) is 0.156. The van der Waals surface area contributed by atoms with Crippen molar-refractivity contribution in [2.24, 2.45) is 0 Å². The lowest BCUT2D eigenvalue weighted by Crippen LogP contribution is -2.01. The van der Waals surface area contributed by atoms with E-state index in [-0.39, 0.29) is 0 Å². The SMILES string of the molecule is c1ccc(-c2nc(-c3ccccc3)nc(-c3cccc(-n4c5ccccc5c5ccc(-c6ccc7c8ccccc8n(-c8ccc9c%10ccccc%10c%10ccccc%10c9c8)c7c6)cc54)c3)n2)cc1. The van der Waals surface area contributed by atoms with Gasteiger partial charge >= 0.3 is 0 Å². The molecule has 5 nitrogen and oxygen atoms in total. The number of aromatic nitrogens is 5. The second-order valence-electron chi connectivity index (χ2n) is 17.6. The lowest BCUT2D eigenvalue weighted by atomic mass is 9.94.